The molecule has 0 unspecified atom stereocenters. The predicted octanol–water partition coefficient (Wildman–Crippen LogP) is 2.27. The summed E-state index contributed by atoms with van der Waals surface area (Å²) in [4.78, 5) is 12.1. The number of aliphatic hydroxyl groups is 1. The Morgan fingerprint density at radius 2 is 2.00 bits per heavy atom. The molecule has 0 heterocycles. The number of rotatable bonds is 3. The smallest absolute Gasteiger partial charge is 0.251 e. The summed E-state index contributed by atoms with van der Waals surface area (Å²) in [6.07, 6.45) is 0. The van der Waals surface area contributed by atoms with Crippen molar-refractivity contribution in [2.45, 2.75) is 13.5 Å². The molecule has 3 heteroatoms. The lowest BCUT2D eigenvalue weighted by Crippen LogP contribution is -2.22. The van der Waals surface area contributed by atoms with Crippen LogP contribution in [0.3, 0.4) is 0 Å². The van der Waals surface area contributed by atoms with Crippen LogP contribution >= 0.6 is 0 Å². The van der Waals surface area contributed by atoms with Gasteiger partial charge in [-0.1, -0.05) is 41.7 Å². The van der Waals surface area contributed by atoms with Crippen molar-refractivity contribution >= 4 is 5.91 Å². The molecular formula is C18H17NO2. The van der Waals surface area contributed by atoms with Crippen molar-refractivity contribution in [2.75, 3.05) is 6.61 Å². The van der Waals surface area contributed by atoms with Crippen LogP contribution in [0.25, 0.3) is 0 Å². The Kier molecular flexibility index (Phi) is 5.14. The van der Waals surface area contributed by atoms with Gasteiger partial charge in [0, 0.05) is 17.7 Å². The second-order valence-electron chi connectivity index (χ2n) is 4.71. The van der Waals surface area contributed by atoms with Crippen LogP contribution in [0.15, 0.2) is 48.5 Å². The van der Waals surface area contributed by atoms with Crippen LogP contribution in [-0.4, -0.2) is 17.6 Å². The highest BCUT2D eigenvalue weighted by molar-refractivity contribution is 5.94. The molecule has 0 radical (unpaired) electrons. The van der Waals surface area contributed by atoms with Crippen molar-refractivity contribution in [1.29, 1.82) is 0 Å². The molecule has 1 amide bonds. The summed E-state index contributed by atoms with van der Waals surface area (Å²) in [5, 5.41) is 11.6. The second kappa shape index (κ2) is 7.28. The average molecular weight is 279 g/mol. The van der Waals surface area contributed by atoms with Crippen molar-refractivity contribution in [3.8, 4) is 11.8 Å². The van der Waals surface area contributed by atoms with Crippen LogP contribution in [-0.2, 0) is 6.54 Å². The van der Waals surface area contributed by atoms with Gasteiger partial charge >= 0.3 is 0 Å². The third-order valence-electron chi connectivity index (χ3n) is 2.97. The van der Waals surface area contributed by atoms with Crippen LogP contribution in [0.5, 0.6) is 0 Å². The van der Waals surface area contributed by atoms with Crippen molar-refractivity contribution < 1.29 is 9.90 Å². The number of benzene rings is 2. The molecule has 2 rings (SSSR count). The fourth-order valence-electron chi connectivity index (χ4n) is 1.97. The minimum atomic E-state index is -0.158. The fraction of sp³-hybridized carbons (Fsp3) is 0.167. The third-order valence-corrected chi connectivity index (χ3v) is 2.97. The Morgan fingerprint density at radius 1 is 1.19 bits per heavy atom. The monoisotopic (exact) mass is 279 g/mol. The van der Waals surface area contributed by atoms with Crippen LogP contribution in [0.4, 0.5) is 0 Å². The van der Waals surface area contributed by atoms with Gasteiger partial charge in [-0.2, -0.15) is 0 Å². The molecule has 2 N–H and O–H groups in total. The number of amides is 1. The van der Waals surface area contributed by atoms with Crippen LogP contribution in [0, 0.1) is 18.8 Å². The average Bonchev–Trinajstić information content (AvgIpc) is 2.51. The van der Waals surface area contributed by atoms with E-state index in [0.717, 1.165) is 16.7 Å². The van der Waals surface area contributed by atoms with E-state index in [2.05, 4.69) is 17.2 Å². The summed E-state index contributed by atoms with van der Waals surface area (Å²) < 4.78 is 0. The van der Waals surface area contributed by atoms with E-state index in [-0.39, 0.29) is 12.5 Å². The van der Waals surface area contributed by atoms with Gasteiger partial charge < -0.3 is 10.4 Å². The molecule has 2 aromatic carbocycles. The number of aliphatic hydroxyl groups excluding tert-OH is 1. The molecule has 0 atom stereocenters. The summed E-state index contributed by atoms with van der Waals surface area (Å²) in [6, 6.07) is 15.1. The molecule has 0 aromatic heterocycles. The fourth-order valence-corrected chi connectivity index (χ4v) is 1.97. The molecule has 0 aliphatic heterocycles. The Morgan fingerprint density at radius 3 is 2.76 bits per heavy atom. The van der Waals surface area contributed by atoms with Crippen LogP contribution in [0.2, 0.25) is 0 Å². The van der Waals surface area contributed by atoms with Crippen molar-refractivity contribution in [3.63, 3.8) is 0 Å². The summed E-state index contributed by atoms with van der Waals surface area (Å²) in [5.41, 5.74) is 3.52. The molecule has 0 bridgehead atoms. The summed E-state index contributed by atoms with van der Waals surface area (Å²) in [5.74, 6) is 5.36. The minimum absolute atomic E-state index is 0.0921. The number of nitrogens with one attached hydrogen (secondary N) is 1. The zero-order valence-corrected chi connectivity index (χ0v) is 11.9. The summed E-state index contributed by atoms with van der Waals surface area (Å²) >= 11 is 0. The molecule has 0 saturated carbocycles. The van der Waals surface area contributed by atoms with E-state index in [4.69, 9.17) is 5.11 Å². The van der Waals surface area contributed by atoms with Gasteiger partial charge in [0.05, 0.1) is 0 Å². The highest BCUT2D eigenvalue weighted by Gasteiger charge is 2.05. The highest BCUT2D eigenvalue weighted by atomic mass is 16.2. The molecular weight excluding hydrogens is 262 g/mol. The largest absolute Gasteiger partial charge is 0.384 e. The molecule has 0 fully saturated rings. The maximum Gasteiger partial charge on any atom is 0.251 e. The standard InChI is InChI=1S/C18H17NO2/c1-14-5-2-9-17(11-14)18(21)19-13-16-7-3-6-15(12-16)8-4-10-20/h2-3,5-7,9,11-12,20H,10,13H2,1H3,(H,19,21). The van der Waals surface area contributed by atoms with E-state index in [9.17, 15) is 4.79 Å². The zero-order chi connectivity index (χ0) is 15.1. The van der Waals surface area contributed by atoms with Crippen molar-refractivity contribution in [1.82, 2.24) is 5.32 Å². The van der Waals surface area contributed by atoms with Crippen LogP contribution < -0.4 is 5.32 Å². The van der Waals surface area contributed by atoms with Gasteiger partial charge in [0.25, 0.3) is 5.91 Å². The molecule has 0 aliphatic rings. The first-order chi connectivity index (χ1) is 10.2. The van der Waals surface area contributed by atoms with E-state index in [1.165, 1.54) is 0 Å². The van der Waals surface area contributed by atoms with Crippen LogP contribution in [0.1, 0.15) is 27.0 Å². The molecule has 0 aliphatic carbocycles. The first kappa shape index (κ1) is 14.8. The zero-order valence-electron chi connectivity index (χ0n) is 11.9. The molecule has 0 saturated heterocycles. The lowest BCUT2D eigenvalue weighted by molar-refractivity contribution is 0.0951. The first-order valence-corrected chi connectivity index (χ1v) is 6.72. The van der Waals surface area contributed by atoms with E-state index in [1.54, 1.807) is 6.07 Å². The number of carbonyl (C=O) groups excluding carboxylic acids is 1. The maximum atomic E-state index is 12.1. The van der Waals surface area contributed by atoms with Gasteiger partial charge in [-0.15, -0.1) is 0 Å². The van der Waals surface area contributed by atoms with Gasteiger partial charge in [0.15, 0.2) is 0 Å². The lowest BCUT2D eigenvalue weighted by atomic mass is 10.1. The number of aryl methyl sites for hydroxylation is 1. The van der Waals surface area contributed by atoms with E-state index in [1.807, 2.05) is 49.4 Å². The quantitative estimate of drug-likeness (QED) is 0.847. The topological polar surface area (TPSA) is 49.3 Å². The lowest BCUT2D eigenvalue weighted by Gasteiger charge is -2.06. The molecule has 106 valence electrons. The number of carbonyl (C=O) groups is 1. The van der Waals surface area contributed by atoms with Gasteiger partial charge in [0.1, 0.15) is 6.61 Å². The summed E-state index contributed by atoms with van der Waals surface area (Å²) in [6.45, 7) is 2.25. The summed E-state index contributed by atoms with van der Waals surface area (Å²) in [7, 11) is 0. The molecule has 3 nitrogen and oxygen atoms in total. The Bertz CT molecular complexity index is 696. The normalized spacial score (nSPS) is 9.62. The Balaban J connectivity index is 2.01. The molecule has 0 spiro atoms. The third kappa shape index (κ3) is 4.48. The minimum Gasteiger partial charge on any atom is -0.384 e. The molecule has 21 heavy (non-hydrogen) atoms. The van der Waals surface area contributed by atoms with E-state index in [0.29, 0.717) is 12.1 Å². The van der Waals surface area contributed by atoms with Crippen molar-refractivity contribution in [3.05, 3.63) is 70.8 Å². The number of hydrogen-bond acceptors (Lipinski definition) is 2. The van der Waals surface area contributed by atoms with Gasteiger partial charge in [-0.05, 0) is 36.8 Å². The molecule has 2 aromatic rings. The predicted molar refractivity (Wildman–Crippen MR) is 82.8 cm³/mol. The SMILES string of the molecule is Cc1cccc(C(=O)NCc2cccc(C#CCO)c2)c1. The van der Waals surface area contributed by atoms with E-state index >= 15 is 0 Å². The Labute approximate surface area is 124 Å². The number of hydrogen-bond donors (Lipinski definition) is 2. The van der Waals surface area contributed by atoms with Gasteiger partial charge in [-0.25, -0.2) is 0 Å². The van der Waals surface area contributed by atoms with Crippen molar-refractivity contribution in [2.24, 2.45) is 0 Å². The highest BCUT2D eigenvalue weighted by Crippen LogP contribution is 2.06. The first-order valence-electron chi connectivity index (χ1n) is 6.72. The second-order valence-corrected chi connectivity index (χ2v) is 4.71. The van der Waals surface area contributed by atoms with E-state index < -0.39 is 0 Å². The van der Waals surface area contributed by atoms with Gasteiger partial charge in [-0.3, -0.25) is 4.79 Å². The maximum absolute atomic E-state index is 12.1. The van der Waals surface area contributed by atoms with Gasteiger partial charge in [0.2, 0.25) is 0 Å². The Hall–Kier alpha value is -2.57.